The Kier molecular flexibility index (Phi) is 5.13. The molecular formula is C12H14BrN5OS. The third-order valence-electron chi connectivity index (χ3n) is 2.56. The number of tetrazole rings is 1. The van der Waals surface area contributed by atoms with Gasteiger partial charge in [-0.2, -0.15) is 4.68 Å². The molecule has 0 atom stereocenters. The number of rotatable bonds is 5. The fourth-order valence-corrected chi connectivity index (χ4v) is 2.55. The van der Waals surface area contributed by atoms with Gasteiger partial charge in [0.15, 0.2) is 0 Å². The molecule has 1 aromatic carbocycles. The minimum Gasteiger partial charge on any atom is -0.349 e. The van der Waals surface area contributed by atoms with Gasteiger partial charge in [0.2, 0.25) is 11.1 Å². The molecule has 6 nitrogen and oxygen atoms in total. The van der Waals surface area contributed by atoms with Crippen molar-refractivity contribution in [3.63, 3.8) is 0 Å². The maximum Gasteiger partial charge on any atom is 0.222 e. The van der Waals surface area contributed by atoms with Crippen LogP contribution >= 0.6 is 27.7 Å². The molecule has 0 fully saturated rings. The smallest absolute Gasteiger partial charge is 0.222 e. The first-order valence-corrected chi connectivity index (χ1v) is 7.73. The second kappa shape index (κ2) is 6.85. The highest BCUT2D eigenvalue weighted by Gasteiger charge is 2.10. The van der Waals surface area contributed by atoms with Crippen LogP contribution in [0.2, 0.25) is 0 Å². The fourth-order valence-electron chi connectivity index (χ4n) is 1.47. The summed E-state index contributed by atoms with van der Waals surface area (Å²) in [4.78, 5) is 13.1. The lowest BCUT2D eigenvalue weighted by Crippen LogP contribution is -2.21. The molecule has 0 unspecified atom stereocenters. The molecule has 106 valence electrons. The molecule has 8 heteroatoms. The Morgan fingerprint density at radius 2 is 2.05 bits per heavy atom. The van der Waals surface area contributed by atoms with Crippen LogP contribution in [0.1, 0.15) is 6.42 Å². The molecule has 2 aromatic rings. The summed E-state index contributed by atoms with van der Waals surface area (Å²) in [6.07, 6.45) is 0.463. The average Bonchev–Trinajstić information content (AvgIpc) is 2.88. The number of carbonyl (C=O) groups is 1. The summed E-state index contributed by atoms with van der Waals surface area (Å²) >= 11 is 4.86. The standard InChI is InChI=1S/C12H14BrN5OS/c1-17(2)11(19)7-8-20-12-14-15-16-18(12)10-5-3-9(13)4-6-10/h3-6H,7-8H2,1-2H3. The van der Waals surface area contributed by atoms with Crippen LogP contribution < -0.4 is 0 Å². The van der Waals surface area contributed by atoms with Crippen molar-refractivity contribution in [2.24, 2.45) is 0 Å². The Morgan fingerprint density at radius 3 is 2.70 bits per heavy atom. The number of hydrogen-bond donors (Lipinski definition) is 0. The average molecular weight is 356 g/mol. The number of amides is 1. The Labute approximate surface area is 129 Å². The van der Waals surface area contributed by atoms with E-state index in [2.05, 4.69) is 31.5 Å². The number of halogens is 1. The Bertz CT molecular complexity index is 584. The van der Waals surface area contributed by atoms with Gasteiger partial charge in [0, 0.05) is 30.7 Å². The van der Waals surface area contributed by atoms with Gasteiger partial charge in [0.25, 0.3) is 0 Å². The number of thioether (sulfide) groups is 1. The van der Waals surface area contributed by atoms with E-state index in [9.17, 15) is 4.79 Å². The van der Waals surface area contributed by atoms with E-state index < -0.39 is 0 Å². The molecule has 20 heavy (non-hydrogen) atoms. The molecule has 0 saturated heterocycles. The number of carbonyl (C=O) groups excluding carboxylic acids is 1. The van der Waals surface area contributed by atoms with E-state index in [0.717, 1.165) is 10.2 Å². The van der Waals surface area contributed by atoms with Crippen molar-refractivity contribution in [2.75, 3.05) is 19.8 Å². The first-order chi connectivity index (χ1) is 9.58. The quantitative estimate of drug-likeness (QED) is 0.767. The van der Waals surface area contributed by atoms with E-state index in [1.165, 1.54) is 11.8 Å². The van der Waals surface area contributed by atoms with Crippen LogP contribution in [0, 0.1) is 0 Å². The van der Waals surface area contributed by atoms with Crippen LogP contribution in [0.3, 0.4) is 0 Å². The van der Waals surface area contributed by atoms with Gasteiger partial charge in [-0.3, -0.25) is 4.79 Å². The third kappa shape index (κ3) is 3.80. The molecular weight excluding hydrogens is 342 g/mol. The highest BCUT2D eigenvalue weighted by molar-refractivity contribution is 9.10. The largest absolute Gasteiger partial charge is 0.349 e. The van der Waals surface area contributed by atoms with Crippen molar-refractivity contribution in [1.29, 1.82) is 0 Å². The third-order valence-corrected chi connectivity index (χ3v) is 4.01. The molecule has 0 spiro atoms. The molecule has 1 aromatic heterocycles. The second-order valence-corrected chi connectivity index (χ2v) is 6.21. The van der Waals surface area contributed by atoms with E-state index in [-0.39, 0.29) is 5.91 Å². The Morgan fingerprint density at radius 1 is 1.35 bits per heavy atom. The molecule has 0 radical (unpaired) electrons. The Hall–Kier alpha value is -1.41. The molecule has 2 rings (SSSR count). The lowest BCUT2D eigenvalue weighted by atomic mass is 10.3. The van der Waals surface area contributed by atoms with Crippen LogP contribution in [0.4, 0.5) is 0 Å². The van der Waals surface area contributed by atoms with Crippen LogP contribution in [0.15, 0.2) is 33.9 Å². The predicted molar refractivity (Wildman–Crippen MR) is 80.9 cm³/mol. The topological polar surface area (TPSA) is 63.9 Å². The van der Waals surface area contributed by atoms with E-state index in [0.29, 0.717) is 17.3 Å². The van der Waals surface area contributed by atoms with Gasteiger partial charge in [-0.15, -0.1) is 5.10 Å². The van der Waals surface area contributed by atoms with Crippen LogP contribution in [-0.4, -0.2) is 50.9 Å². The summed E-state index contributed by atoms with van der Waals surface area (Å²) in [7, 11) is 3.50. The number of hydrogen-bond acceptors (Lipinski definition) is 5. The van der Waals surface area contributed by atoms with Crippen LogP contribution in [0.25, 0.3) is 5.69 Å². The van der Waals surface area contributed by atoms with Gasteiger partial charge in [-0.05, 0) is 34.7 Å². The molecule has 0 N–H and O–H groups in total. The minimum absolute atomic E-state index is 0.0974. The zero-order valence-corrected chi connectivity index (χ0v) is 13.6. The molecule has 0 aliphatic rings. The molecule has 0 aliphatic heterocycles. The van der Waals surface area contributed by atoms with Crippen molar-refractivity contribution in [3.8, 4) is 5.69 Å². The number of aromatic nitrogens is 4. The summed E-state index contributed by atoms with van der Waals surface area (Å²) in [6, 6.07) is 7.72. The lowest BCUT2D eigenvalue weighted by molar-refractivity contribution is -0.128. The van der Waals surface area contributed by atoms with E-state index in [1.54, 1.807) is 23.7 Å². The summed E-state index contributed by atoms with van der Waals surface area (Å²) in [5.74, 6) is 0.744. The van der Waals surface area contributed by atoms with Crippen molar-refractivity contribution >= 4 is 33.6 Å². The van der Waals surface area contributed by atoms with Gasteiger partial charge in [0.05, 0.1) is 5.69 Å². The summed E-state index contributed by atoms with van der Waals surface area (Å²) in [6.45, 7) is 0. The van der Waals surface area contributed by atoms with E-state index >= 15 is 0 Å². The number of benzene rings is 1. The van der Waals surface area contributed by atoms with Gasteiger partial charge < -0.3 is 4.90 Å². The first-order valence-electron chi connectivity index (χ1n) is 5.95. The highest BCUT2D eigenvalue weighted by Crippen LogP contribution is 2.20. The minimum atomic E-state index is 0.0974. The maximum atomic E-state index is 11.5. The monoisotopic (exact) mass is 355 g/mol. The Balaban J connectivity index is 2.02. The zero-order valence-electron chi connectivity index (χ0n) is 11.2. The van der Waals surface area contributed by atoms with Gasteiger partial charge in [-0.1, -0.05) is 27.7 Å². The molecule has 0 bridgehead atoms. The summed E-state index contributed by atoms with van der Waals surface area (Å²) in [5, 5.41) is 12.3. The van der Waals surface area contributed by atoms with Crippen LogP contribution in [-0.2, 0) is 4.79 Å². The van der Waals surface area contributed by atoms with Crippen molar-refractivity contribution in [2.45, 2.75) is 11.6 Å². The lowest BCUT2D eigenvalue weighted by Gasteiger charge is -2.09. The second-order valence-electron chi connectivity index (χ2n) is 4.24. The molecule has 0 saturated carbocycles. The van der Waals surface area contributed by atoms with Crippen molar-refractivity contribution in [1.82, 2.24) is 25.1 Å². The normalized spacial score (nSPS) is 10.6. The SMILES string of the molecule is CN(C)C(=O)CCSc1nnnn1-c1ccc(Br)cc1. The zero-order chi connectivity index (χ0) is 14.5. The van der Waals surface area contributed by atoms with Crippen LogP contribution in [0.5, 0.6) is 0 Å². The first kappa shape index (κ1) is 15.0. The molecule has 1 amide bonds. The van der Waals surface area contributed by atoms with Crippen molar-refractivity contribution in [3.05, 3.63) is 28.7 Å². The maximum absolute atomic E-state index is 11.5. The van der Waals surface area contributed by atoms with Crippen molar-refractivity contribution < 1.29 is 4.79 Å². The predicted octanol–water partition coefficient (Wildman–Crippen LogP) is 2.00. The number of nitrogens with zero attached hydrogens (tertiary/aromatic N) is 5. The molecule has 1 heterocycles. The van der Waals surface area contributed by atoms with Gasteiger partial charge >= 0.3 is 0 Å². The fraction of sp³-hybridized carbons (Fsp3) is 0.333. The van der Waals surface area contributed by atoms with E-state index in [1.807, 2.05) is 24.3 Å². The van der Waals surface area contributed by atoms with Gasteiger partial charge in [0.1, 0.15) is 0 Å². The van der Waals surface area contributed by atoms with Gasteiger partial charge in [-0.25, -0.2) is 0 Å². The highest BCUT2D eigenvalue weighted by atomic mass is 79.9. The summed E-state index contributed by atoms with van der Waals surface area (Å²) < 4.78 is 2.66. The van der Waals surface area contributed by atoms with E-state index in [4.69, 9.17) is 0 Å². The summed E-state index contributed by atoms with van der Waals surface area (Å²) in [5.41, 5.74) is 0.889. The molecule has 0 aliphatic carbocycles.